The van der Waals surface area contributed by atoms with Crippen LogP contribution in [0, 0.1) is 5.92 Å². The first-order valence-corrected chi connectivity index (χ1v) is 9.51. The van der Waals surface area contributed by atoms with Crippen molar-refractivity contribution in [2.75, 3.05) is 29.5 Å². The Bertz CT molecular complexity index is 657. The summed E-state index contributed by atoms with van der Waals surface area (Å²) in [6.45, 7) is 5.23. The molecule has 2 aliphatic heterocycles. The molecule has 120 valence electrons. The van der Waals surface area contributed by atoms with Gasteiger partial charge in [0.2, 0.25) is 5.91 Å². The zero-order valence-electron chi connectivity index (χ0n) is 13.0. The number of sulfone groups is 1. The fourth-order valence-electron chi connectivity index (χ4n) is 3.55. The molecule has 2 heterocycles. The third kappa shape index (κ3) is 2.90. The van der Waals surface area contributed by atoms with Crippen molar-refractivity contribution in [1.29, 1.82) is 0 Å². The molecule has 3 rings (SSSR count). The first-order valence-electron chi connectivity index (χ1n) is 7.69. The number of hydrogen-bond acceptors (Lipinski definition) is 4. The molecule has 6 heteroatoms. The van der Waals surface area contributed by atoms with Crippen molar-refractivity contribution in [3.8, 4) is 0 Å². The number of rotatable bonds is 3. The Kier molecular flexibility index (Phi) is 3.99. The van der Waals surface area contributed by atoms with Crippen LogP contribution in [0.5, 0.6) is 0 Å². The van der Waals surface area contributed by atoms with Gasteiger partial charge in [0.05, 0.1) is 24.1 Å². The van der Waals surface area contributed by atoms with Crippen LogP contribution < -0.4 is 4.90 Å². The summed E-state index contributed by atoms with van der Waals surface area (Å²) in [5.74, 6) is 0.610. The summed E-state index contributed by atoms with van der Waals surface area (Å²) in [4.78, 5) is 16.4. The highest BCUT2D eigenvalue weighted by molar-refractivity contribution is 7.91. The SMILES string of the molecule is CC(C)CN1CC(=O)N(c2ccccc2)C2CS(=O)(=O)CC21. The largest absolute Gasteiger partial charge is 0.306 e. The molecule has 2 atom stereocenters. The summed E-state index contributed by atoms with van der Waals surface area (Å²) >= 11 is 0. The first-order chi connectivity index (χ1) is 10.4. The number of amides is 1. The van der Waals surface area contributed by atoms with Gasteiger partial charge in [-0.1, -0.05) is 32.0 Å². The second-order valence-corrected chi connectivity index (χ2v) is 8.79. The van der Waals surface area contributed by atoms with Gasteiger partial charge in [0.25, 0.3) is 0 Å². The van der Waals surface area contributed by atoms with E-state index in [1.807, 2.05) is 30.3 Å². The predicted octanol–water partition coefficient (Wildman–Crippen LogP) is 1.16. The van der Waals surface area contributed by atoms with E-state index in [1.165, 1.54) is 0 Å². The molecule has 1 aromatic carbocycles. The van der Waals surface area contributed by atoms with Gasteiger partial charge in [0.15, 0.2) is 9.84 Å². The lowest BCUT2D eigenvalue weighted by atomic mass is 10.0. The molecule has 2 fully saturated rings. The molecule has 0 aromatic heterocycles. The van der Waals surface area contributed by atoms with Crippen LogP contribution in [0.15, 0.2) is 30.3 Å². The molecule has 5 nitrogen and oxygen atoms in total. The van der Waals surface area contributed by atoms with E-state index in [0.29, 0.717) is 12.5 Å². The minimum atomic E-state index is -3.10. The Labute approximate surface area is 131 Å². The zero-order chi connectivity index (χ0) is 15.9. The molecular formula is C16H22N2O3S. The minimum absolute atomic E-state index is 0.00907. The Morgan fingerprint density at radius 3 is 2.41 bits per heavy atom. The number of fused-ring (bicyclic) bond motifs is 1. The van der Waals surface area contributed by atoms with Crippen molar-refractivity contribution in [2.45, 2.75) is 25.9 Å². The topological polar surface area (TPSA) is 57.7 Å². The van der Waals surface area contributed by atoms with Gasteiger partial charge < -0.3 is 4.90 Å². The van der Waals surface area contributed by atoms with E-state index in [1.54, 1.807) is 4.90 Å². The lowest BCUT2D eigenvalue weighted by Gasteiger charge is -2.44. The molecule has 2 unspecified atom stereocenters. The maximum atomic E-state index is 12.6. The van der Waals surface area contributed by atoms with Gasteiger partial charge in [0.1, 0.15) is 0 Å². The molecule has 0 saturated carbocycles. The molecule has 0 aliphatic carbocycles. The molecule has 1 amide bonds. The molecule has 2 aliphatic rings. The lowest BCUT2D eigenvalue weighted by molar-refractivity contribution is -0.123. The van der Waals surface area contributed by atoms with Crippen LogP contribution in [0.1, 0.15) is 13.8 Å². The standard InChI is InChI=1S/C16H22N2O3S/c1-12(2)8-17-9-16(19)18(13-6-4-3-5-7-13)15-11-22(20,21)10-14(15)17/h3-7,12,14-15H,8-11H2,1-2H3. The second kappa shape index (κ2) is 5.66. The van der Waals surface area contributed by atoms with E-state index in [0.717, 1.165) is 12.2 Å². The number of para-hydroxylation sites is 1. The minimum Gasteiger partial charge on any atom is -0.306 e. The molecule has 0 spiro atoms. The van der Waals surface area contributed by atoms with Crippen LogP contribution in [0.2, 0.25) is 0 Å². The average Bonchev–Trinajstić information content (AvgIpc) is 2.75. The van der Waals surface area contributed by atoms with Crippen molar-refractivity contribution < 1.29 is 13.2 Å². The monoisotopic (exact) mass is 322 g/mol. The Morgan fingerprint density at radius 2 is 1.77 bits per heavy atom. The van der Waals surface area contributed by atoms with E-state index < -0.39 is 9.84 Å². The van der Waals surface area contributed by atoms with Crippen LogP contribution in [0.3, 0.4) is 0 Å². The molecule has 22 heavy (non-hydrogen) atoms. The highest BCUT2D eigenvalue weighted by Crippen LogP contribution is 2.31. The van der Waals surface area contributed by atoms with Gasteiger partial charge >= 0.3 is 0 Å². The third-order valence-electron chi connectivity index (χ3n) is 4.34. The van der Waals surface area contributed by atoms with Gasteiger partial charge in [-0.3, -0.25) is 9.69 Å². The summed E-state index contributed by atoms with van der Waals surface area (Å²) in [6, 6.07) is 9.03. The predicted molar refractivity (Wildman–Crippen MR) is 86.6 cm³/mol. The number of carbonyl (C=O) groups excluding carboxylic acids is 1. The maximum Gasteiger partial charge on any atom is 0.241 e. The maximum absolute atomic E-state index is 12.6. The van der Waals surface area contributed by atoms with Crippen molar-refractivity contribution >= 4 is 21.4 Å². The fourth-order valence-corrected chi connectivity index (χ4v) is 5.53. The molecule has 0 N–H and O–H groups in total. The fraction of sp³-hybridized carbons (Fsp3) is 0.562. The van der Waals surface area contributed by atoms with E-state index in [-0.39, 0.29) is 29.5 Å². The van der Waals surface area contributed by atoms with E-state index in [9.17, 15) is 13.2 Å². The van der Waals surface area contributed by atoms with Crippen LogP contribution in [0.25, 0.3) is 0 Å². The number of piperazine rings is 1. The van der Waals surface area contributed by atoms with E-state index in [2.05, 4.69) is 18.7 Å². The highest BCUT2D eigenvalue weighted by atomic mass is 32.2. The van der Waals surface area contributed by atoms with Crippen molar-refractivity contribution in [2.24, 2.45) is 5.92 Å². The molecule has 2 saturated heterocycles. The Balaban J connectivity index is 1.96. The van der Waals surface area contributed by atoms with E-state index >= 15 is 0 Å². The summed E-state index contributed by atoms with van der Waals surface area (Å²) in [5, 5.41) is 0. The normalized spacial score (nSPS) is 28.1. The molecule has 0 bridgehead atoms. The average molecular weight is 322 g/mol. The van der Waals surface area contributed by atoms with Crippen LogP contribution in [0.4, 0.5) is 5.69 Å². The van der Waals surface area contributed by atoms with Gasteiger partial charge in [-0.25, -0.2) is 8.42 Å². The van der Waals surface area contributed by atoms with Crippen LogP contribution >= 0.6 is 0 Å². The third-order valence-corrected chi connectivity index (χ3v) is 6.03. The first kappa shape index (κ1) is 15.5. The lowest BCUT2D eigenvalue weighted by Crippen LogP contribution is -2.62. The van der Waals surface area contributed by atoms with Crippen LogP contribution in [-0.4, -0.2) is 55.9 Å². The zero-order valence-corrected chi connectivity index (χ0v) is 13.8. The molecular weight excluding hydrogens is 300 g/mol. The number of benzene rings is 1. The summed E-state index contributed by atoms with van der Waals surface area (Å²) in [6.07, 6.45) is 0. The van der Waals surface area contributed by atoms with Crippen molar-refractivity contribution in [1.82, 2.24) is 4.90 Å². The van der Waals surface area contributed by atoms with Gasteiger partial charge in [-0.05, 0) is 18.1 Å². The molecule has 0 radical (unpaired) electrons. The second-order valence-electron chi connectivity index (χ2n) is 6.63. The van der Waals surface area contributed by atoms with Crippen molar-refractivity contribution in [3.05, 3.63) is 30.3 Å². The Morgan fingerprint density at radius 1 is 1.14 bits per heavy atom. The van der Waals surface area contributed by atoms with E-state index in [4.69, 9.17) is 0 Å². The number of nitrogens with zero attached hydrogens (tertiary/aromatic N) is 2. The van der Waals surface area contributed by atoms with Gasteiger partial charge in [-0.15, -0.1) is 0 Å². The smallest absolute Gasteiger partial charge is 0.241 e. The summed E-state index contributed by atoms with van der Waals surface area (Å²) < 4.78 is 24.3. The summed E-state index contributed by atoms with van der Waals surface area (Å²) in [7, 11) is -3.10. The number of carbonyl (C=O) groups is 1. The van der Waals surface area contributed by atoms with Crippen LogP contribution in [-0.2, 0) is 14.6 Å². The highest BCUT2D eigenvalue weighted by Gasteiger charge is 2.49. The van der Waals surface area contributed by atoms with Gasteiger partial charge in [0, 0.05) is 18.3 Å². The number of anilines is 1. The quantitative estimate of drug-likeness (QED) is 0.838. The van der Waals surface area contributed by atoms with Crippen molar-refractivity contribution in [3.63, 3.8) is 0 Å². The van der Waals surface area contributed by atoms with Gasteiger partial charge in [-0.2, -0.15) is 0 Å². The Hall–Kier alpha value is -1.40. The molecule has 1 aromatic rings. The summed E-state index contributed by atoms with van der Waals surface area (Å²) in [5.41, 5.74) is 0.795. The number of hydrogen-bond donors (Lipinski definition) is 0.